The van der Waals surface area contributed by atoms with Crippen molar-refractivity contribution in [3.8, 4) is 44.5 Å². The average molecular weight is 804 g/mol. The molecule has 2 nitrogen and oxygen atoms in total. The first kappa shape index (κ1) is 36.6. The molecule has 0 unspecified atom stereocenters. The molecule has 0 saturated heterocycles. The van der Waals surface area contributed by atoms with Gasteiger partial charge in [-0.2, -0.15) is 0 Å². The van der Waals surface area contributed by atoms with E-state index in [4.69, 9.17) is 4.42 Å². The maximum atomic E-state index is 6.48. The first-order valence-corrected chi connectivity index (χ1v) is 21.7. The molecule has 1 heterocycles. The van der Waals surface area contributed by atoms with Gasteiger partial charge in [0.25, 0.3) is 0 Å². The molecule has 0 bridgehead atoms. The van der Waals surface area contributed by atoms with Crippen molar-refractivity contribution in [1.82, 2.24) is 0 Å². The Morgan fingerprint density at radius 1 is 0.302 bits per heavy atom. The summed E-state index contributed by atoms with van der Waals surface area (Å²) < 4.78 is 6.48. The lowest BCUT2D eigenvalue weighted by molar-refractivity contribution is 0.670. The third kappa shape index (κ3) is 6.02. The second-order valence-corrected chi connectivity index (χ2v) is 16.4. The summed E-state index contributed by atoms with van der Waals surface area (Å²) in [6, 6.07) is 90.2. The third-order valence-electron chi connectivity index (χ3n) is 13.0. The van der Waals surface area contributed by atoms with Gasteiger partial charge in [0.1, 0.15) is 11.2 Å². The zero-order valence-corrected chi connectivity index (χ0v) is 34.5. The minimum atomic E-state index is -0.515. The van der Waals surface area contributed by atoms with E-state index >= 15 is 0 Å². The van der Waals surface area contributed by atoms with E-state index in [9.17, 15) is 0 Å². The van der Waals surface area contributed by atoms with Gasteiger partial charge in [-0.25, -0.2) is 0 Å². The minimum Gasteiger partial charge on any atom is -0.455 e. The van der Waals surface area contributed by atoms with Crippen molar-refractivity contribution in [3.05, 3.63) is 271 Å². The maximum absolute atomic E-state index is 6.48. The third-order valence-corrected chi connectivity index (χ3v) is 13.0. The molecule has 0 spiro atoms. The van der Waals surface area contributed by atoms with Crippen LogP contribution in [0.2, 0.25) is 0 Å². The molecule has 296 valence electrons. The van der Waals surface area contributed by atoms with Gasteiger partial charge >= 0.3 is 0 Å². The second kappa shape index (κ2) is 15.1. The minimum absolute atomic E-state index is 0.515. The van der Waals surface area contributed by atoms with Gasteiger partial charge in [0.2, 0.25) is 0 Å². The number of furan rings is 1. The largest absolute Gasteiger partial charge is 0.455 e. The molecule has 0 amide bonds. The van der Waals surface area contributed by atoms with E-state index in [-0.39, 0.29) is 0 Å². The van der Waals surface area contributed by atoms with Crippen LogP contribution in [0.3, 0.4) is 0 Å². The van der Waals surface area contributed by atoms with E-state index in [1.165, 1.54) is 55.6 Å². The Hall–Kier alpha value is -8.20. The van der Waals surface area contributed by atoms with Crippen molar-refractivity contribution in [2.75, 3.05) is 4.90 Å². The highest BCUT2D eigenvalue weighted by molar-refractivity contribution is 6.09. The van der Waals surface area contributed by atoms with E-state index in [2.05, 4.69) is 241 Å². The van der Waals surface area contributed by atoms with Crippen LogP contribution < -0.4 is 4.90 Å². The van der Waals surface area contributed by atoms with Crippen molar-refractivity contribution >= 4 is 39.0 Å². The summed E-state index contributed by atoms with van der Waals surface area (Å²) in [4.78, 5) is 2.39. The van der Waals surface area contributed by atoms with Crippen molar-refractivity contribution in [2.24, 2.45) is 0 Å². The smallest absolute Gasteiger partial charge is 0.143 e. The van der Waals surface area contributed by atoms with Crippen LogP contribution in [0.5, 0.6) is 0 Å². The standard InChI is InChI=1S/C61H41NO/c1-3-16-42(17-4-1)45-18-13-19-46(40-45)43-32-36-49(37-33-43)62(50-38-34-44(35-39-50)52-27-15-28-56-55-26-9-12-31-59(55)63-60(52)56)51-23-14-22-48(41-51)61(47-20-5-2-6-21-47)57-29-10-7-24-53(57)54-25-8-11-30-58(54)61/h1-41H. The van der Waals surface area contributed by atoms with E-state index in [1.54, 1.807) is 0 Å². The topological polar surface area (TPSA) is 16.4 Å². The molecule has 63 heavy (non-hydrogen) atoms. The van der Waals surface area contributed by atoms with Crippen LogP contribution in [0.1, 0.15) is 22.3 Å². The van der Waals surface area contributed by atoms with Gasteiger partial charge in [0.05, 0.1) is 5.41 Å². The lowest BCUT2D eigenvalue weighted by Crippen LogP contribution is -2.28. The highest BCUT2D eigenvalue weighted by Crippen LogP contribution is 2.56. The number of benzene rings is 10. The van der Waals surface area contributed by atoms with E-state index < -0.39 is 5.41 Å². The Labute approximate surface area is 367 Å². The molecular weight excluding hydrogens is 763 g/mol. The normalized spacial score (nSPS) is 12.6. The van der Waals surface area contributed by atoms with E-state index in [1.807, 2.05) is 12.1 Å². The van der Waals surface area contributed by atoms with Gasteiger partial charge in [0, 0.05) is 33.4 Å². The first-order valence-electron chi connectivity index (χ1n) is 21.7. The lowest BCUT2D eigenvalue weighted by Gasteiger charge is -2.35. The number of fused-ring (bicyclic) bond motifs is 6. The predicted molar refractivity (Wildman–Crippen MR) is 262 cm³/mol. The molecule has 0 radical (unpaired) electrons. The molecule has 0 atom stereocenters. The van der Waals surface area contributed by atoms with Crippen molar-refractivity contribution in [2.45, 2.75) is 5.41 Å². The van der Waals surface area contributed by atoms with Crippen molar-refractivity contribution in [1.29, 1.82) is 0 Å². The summed E-state index contributed by atoms with van der Waals surface area (Å²) in [6.45, 7) is 0. The molecule has 0 saturated carbocycles. The summed E-state index contributed by atoms with van der Waals surface area (Å²) in [5, 5.41) is 2.26. The molecule has 0 N–H and O–H groups in total. The molecule has 1 aromatic heterocycles. The number of para-hydroxylation sites is 2. The summed E-state index contributed by atoms with van der Waals surface area (Å²) >= 11 is 0. The molecule has 1 aliphatic rings. The van der Waals surface area contributed by atoms with Gasteiger partial charge in [-0.05, 0) is 110 Å². The Balaban J connectivity index is 1.01. The maximum Gasteiger partial charge on any atom is 0.143 e. The van der Waals surface area contributed by atoms with Crippen LogP contribution in [0, 0.1) is 0 Å². The molecule has 1 aliphatic carbocycles. The van der Waals surface area contributed by atoms with Gasteiger partial charge in [0.15, 0.2) is 0 Å². The summed E-state index contributed by atoms with van der Waals surface area (Å²) in [6.07, 6.45) is 0. The van der Waals surface area contributed by atoms with E-state index in [0.29, 0.717) is 0 Å². The predicted octanol–water partition coefficient (Wildman–Crippen LogP) is 16.4. The van der Waals surface area contributed by atoms with Gasteiger partial charge < -0.3 is 9.32 Å². The number of hydrogen-bond acceptors (Lipinski definition) is 2. The van der Waals surface area contributed by atoms with Crippen molar-refractivity contribution < 1.29 is 4.42 Å². The Morgan fingerprint density at radius 3 is 1.49 bits per heavy atom. The zero-order valence-electron chi connectivity index (χ0n) is 34.5. The second-order valence-electron chi connectivity index (χ2n) is 16.4. The van der Waals surface area contributed by atoms with E-state index in [0.717, 1.165) is 50.1 Å². The van der Waals surface area contributed by atoms with Crippen LogP contribution in [-0.2, 0) is 5.41 Å². The van der Waals surface area contributed by atoms with Crippen LogP contribution >= 0.6 is 0 Å². The first-order chi connectivity index (χ1) is 31.2. The van der Waals surface area contributed by atoms with Crippen LogP contribution in [0.25, 0.3) is 66.4 Å². The molecule has 12 rings (SSSR count). The molecule has 10 aromatic carbocycles. The van der Waals surface area contributed by atoms with Crippen molar-refractivity contribution in [3.63, 3.8) is 0 Å². The fraction of sp³-hybridized carbons (Fsp3) is 0.0164. The number of rotatable bonds is 8. The number of hydrogen-bond donors (Lipinski definition) is 0. The summed E-state index contributed by atoms with van der Waals surface area (Å²) in [7, 11) is 0. The monoisotopic (exact) mass is 803 g/mol. The average Bonchev–Trinajstić information content (AvgIpc) is 3.90. The van der Waals surface area contributed by atoms with Gasteiger partial charge in [-0.15, -0.1) is 0 Å². The SMILES string of the molecule is c1ccc(-c2cccc(-c3ccc(N(c4ccc(-c5cccc6c5oc5ccccc56)cc4)c4cccc(C5(c6ccccc6)c6ccccc6-c6ccccc65)c4)cc3)c2)cc1. The van der Waals surface area contributed by atoms with Crippen LogP contribution in [-0.4, -0.2) is 0 Å². The van der Waals surface area contributed by atoms with Gasteiger partial charge in [-0.3, -0.25) is 0 Å². The Morgan fingerprint density at radius 2 is 0.794 bits per heavy atom. The highest BCUT2D eigenvalue weighted by Gasteiger charge is 2.46. The van der Waals surface area contributed by atoms with Gasteiger partial charge in [-0.1, -0.05) is 200 Å². The fourth-order valence-electron chi connectivity index (χ4n) is 10.1. The number of nitrogens with zero attached hydrogens (tertiary/aromatic N) is 1. The lowest BCUT2D eigenvalue weighted by atomic mass is 9.67. The molecule has 2 heteroatoms. The van der Waals surface area contributed by atoms with Crippen LogP contribution in [0.15, 0.2) is 253 Å². The number of anilines is 3. The summed E-state index contributed by atoms with van der Waals surface area (Å²) in [5.74, 6) is 0. The Kier molecular flexibility index (Phi) is 8.76. The fourth-order valence-corrected chi connectivity index (χ4v) is 10.1. The summed E-state index contributed by atoms with van der Waals surface area (Å²) in [5.41, 5.74) is 19.1. The Bertz CT molecular complexity index is 3390. The molecule has 0 aliphatic heterocycles. The zero-order chi connectivity index (χ0) is 41.7. The molecule has 0 fully saturated rings. The molecular formula is C61H41NO. The molecule has 11 aromatic rings. The highest BCUT2D eigenvalue weighted by atomic mass is 16.3. The van der Waals surface area contributed by atoms with Crippen LogP contribution in [0.4, 0.5) is 17.1 Å². The quantitative estimate of drug-likeness (QED) is 0.152.